The van der Waals surface area contributed by atoms with Gasteiger partial charge in [-0.3, -0.25) is 0 Å². The first-order valence-corrected chi connectivity index (χ1v) is 13.0. The van der Waals surface area contributed by atoms with Crippen molar-refractivity contribution in [2.75, 3.05) is 0 Å². The van der Waals surface area contributed by atoms with Crippen molar-refractivity contribution in [2.45, 2.75) is 161 Å². The van der Waals surface area contributed by atoms with Gasteiger partial charge in [-0.25, -0.2) is 0 Å². The highest BCUT2D eigenvalue weighted by atomic mass is 16.3. The Hall–Kier alpha value is -0.0800. The van der Waals surface area contributed by atoms with Gasteiger partial charge in [-0.05, 0) is 19.3 Å². The van der Waals surface area contributed by atoms with E-state index in [2.05, 4.69) is 13.8 Å². The van der Waals surface area contributed by atoms with E-state index in [1.807, 2.05) is 0 Å². The molecule has 2 unspecified atom stereocenters. The lowest BCUT2D eigenvalue weighted by Crippen LogP contribution is -2.42. The van der Waals surface area contributed by atoms with Crippen molar-refractivity contribution in [3.63, 3.8) is 0 Å². The van der Waals surface area contributed by atoms with Gasteiger partial charge in [0.1, 0.15) is 5.72 Å². The normalized spacial score (nSPS) is 14.9. The second kappa shape index (κ2) is 20.2. The second-order valence-corrected chi connectivity index (χ2v) is 9.63. The minimum atomic E-state index is -1.01. The van der Waals surface area contributed by atoms with Crippen LogP contribution in [0.15, 0.2) is 0 Å². The largest absolute Gasteiger partial charge is 0.376 e. The van der Waals surface area contributed by atoms with E-state index in [0.717, 1.165) is 6.42 Å². The lowest BCUT2D eigenvalue weighted by atomic mass is 9.93. The smallest absolute Gasteiger partial charge is 0.113 e. The molecule has 0 radical (unpaired) electrons. The number of unbranched alkanes of at least 4 members (excludes halogenated alkanes) is 19. The Bertz CT molecular complexity index is 297. The van der Waals surface area contributed by atoms with Crippen molar-refractivity contribution in [2.24, 2.45) is 11.7 Å². The van der Waals surface area contributed by atoms with Gasteiger partial charge in [0.15, 0.2) is 0 Å². The zero-order chi connectivity index (χ0) is 20.9. The molecule has 0 aliphatic carbocycles. The fourth-order valence-electron chi connectivity index (χ4n) is 4.00. The maximum absolute atomic E-state index is 9.72. The third kappa shape index (κ3) is 20.6. The van der Waals surface area contributed by atoms with E-state index >= 15 is 0 Å². The van der Waals surface area contributed by atoms with Crippen LogP contribution in [0.1, 0.15) is 156 Å². The molecule has 2 atom stereocenters. The summed E-state index contributed by atoms with van der Waals surface area (Å²) in [6, 6.07) is 0. The molecule has 0 aromatic heterocycles. The molecular weight excluding hydrogens is 342 g/mol. The SMILES string of the molecule is CCCCCCCCCCCCCCCCCCCCCCC(C)C(C)(N)O. The summed E-state index contributed by atoms with van der Waals surface area (Å²) in [6.45, 7) is 6.06. The Labute approximate surface area is 178 Å². The van der Waals surface area contributed by atoms with Crippen molar-refractivity contribution in [1.82, 2.24) is 0 Å². The lowest BCUT2D eigenvalue weighted by Gasteiger charge is -2.25. The van der Waals surface area contributed by atoms with E-state index in [1.165, 1.54) is 128 Å². The predicted octanol–water partition coefficient (Wildman–Crippen LogP) is 8.50. The van der Waals surface area contributed by atoms with Crippen LogP contribution in [0, 0.1) is 5.92 Å². The third-order valence-electron chi connectivity index (χ3n) is 6.49. The molecule has 0 heterocycles. The van der Waals surface area contributed by atoms with E-state index in [0.29, 0.717) is 0 Å². The van der Waals surface area contributed by atoms with Crippen LogP contribution >= 0.6 is 0 Å². The van der Waals surface area contributed by atoms with Gasteiger partial charge in [0.05, 0.1) is 0 Å². The Balaban J connectivity index is 3.09. The van der Waals surface area contributed by atoms with E-state index < -0.39 is 5.72 Å². The Morgan fingerprint density at radius 2 is 0.821 bits per heavy atom. The van der Waals surface area contributed by atoms with Crippen molar-refractivity contribution in [1.29, 1.82) is 0 Å². The van der Waals surface area contributed by atoms with Crippen molar-refractivity contribution >= 4 is 0 Å². The molecule has 0 aliphatic rings. The number of hydrogen-bond acceptors (Lipinski definition) is 2. The van der Waals surface area contributed by atoms with Crippen molar-refractivity contribution in [3.8, 4) is 0 Å². The molecular formula is C26H55NO. The molecule has 0 rings (SSSR count). The summed E-state index contributed by atoms with van der Waals surface area (Å²) in [5.41, 5.74) is 4.71. The highest BCUT2D eigenvalue weighted by Gasteiger charge is 2.21. The maximum atomic E-state index is 9.72. The van der Waals surface area contributed by atoms with Gasteiger partial charge in [0.2, 0.25) is 0 Å². The van der Waals surface area contributed by atoms with E-state index in [1.54, 1.807) is 6.92 Å². The van der Waals surface area contributed by atoms with Gasteiger partial charge >= 0.3 is 0 Å². The van der Waals surface area contributed by atoms with Gasteiger partial charge in [-0.2, -0.15) is 0 Å². The minimum absolute atomic E-state index is 0.197. The van der Waals surface area contributed by atoms with Crippen LogP contribution in [0.2, 0.25) is 0 Å². The summed E-state index contributed by atoms with van der Waals surface area (Å²) in [4.78, 5) is 0. The first-order valence-electron chi connectivity index (χ1n) is 13.0. The highest BCUT2D eigenvalue weighted by Crippen LogP contribution is 2.19. The van der Waals surface area contributed by atoms with Gasteiger partial charge < -0.3 is 10.8 Å². The number of rotatable bonds is 22. The molecule has 0 saturated heterocycles. The summed E-state index contributed by atoms with van der Waals surface area (Å²) in [7, 11) is 0. The monoisotopic (exact) mass is 397 g/mol. The van der Waals surface area contributed by atoms with E-state index in [-0.39, 0.29) is 5.92 Å². The van der Waals surface area contributed by atoms with E-state index in [4.69, 9.17) is 5.73 Å². The summed E-state index contributed by atoms with van der Waals surface area (Å²) in [5.74, 6) is 0.197. The summed E-state index contributed by atoms with van der Waals surface area (Å²) in [6.07, 6.45) is 29.4. The zero-order valence-corrected chi connectivity index (χ0v) is 20.0. The van der Waals surface area contributed by atoms with Crippen LogP contribution in [0.4, 0.5) is 0 Å². The van der Waals surface area contributed by atoms with Crippen LogP contribution in [0.5, 0.6) is 0 Å². The molecule has 28 heavy (non-hydrogen) atoms. The first-order chi connectivity index (χ1) is 13.5. The Morgan fingerprint density at radius 3 is 1.07 bits per heavy atom. The van der Waals surface area contributed by atoms with Crippen LogP contribution in [-0.2, 0) is 0 Å². The summed E-state index contributed by atoms with van der Waals surface area (Å²) < 4.78 is 0. The van der Waals surface area contributed by atoms with E-state index in [9.17, 15) is 5.11 Å². The average Bonchev–Trinajstić information content (AvgIpc) is 2.65. The molecule has 0 fully saturated rings. The molecule has 170 valence electrons. The molecule has 0 bridgehead atoms. The van der Waals surface area contributed by atoms with Gasteiger partial charge in [-0.15, -0.1) is 0 Å². The number of aliphatic hydroxyl groups is 1. The molecule has 0 aromatic rings. The van der Waals surface area contributed by atoms with Crippen molar-refractivity contribution in [3.05, 3.63) is 0 Å². The standard InChI is InChI=1S/C26H55NO/c1-4-5-6-7-8-9-10-11-12-13-14-15-16-17-18-19-20-21-22-23-24-25(2)26(3,27)28/h25,28H,4-24,27H2,1-3H3. The van der Waals surface area contributed by atoms with Crippen LogP contribution < -0.4 is 5.73 Å². The molecule has 2 nitrogen and oxygen atoms in total. The average molecular weight is 398 g/mol. The minimum Gasteiger partial charge on any atom is -0.376 e. The summed E-state index contributed by atoms with van der Waals surface area (Å²) >= 11 is 0. The summed E-state index contributed by atoms with van der Waals surface area (Å²) in [5, 5.41) is 9.72. The third-order valence-corrected chi connectivity index (χ3v) is 6.49. The molecule has 0 amide bonds. The van der Waals surface area contributed by atoms with Gasteiger partial charge in [-0.1, -0.05) is 142 Å². The molecule has 0 aromatic carbocycles. The predicted molar refractivity (Wildman–Crippen MR) is 127 cm³/mol. The second-order valence-electron chi connectivity index (χ2n) is 9.63. The highest BCUT2D eigenvalue weighted by molar-refractivity contribution is 4.71. The number of hydrogen-bond donors (Lipinski definition) is 2. The fourth-order valence-corrected chi connectivity index (χ4v) is 4.00. The lowest BCUT2D eigenvalue weighted by molar-refractivity contribution is 0.00810. The molecule has 0 aliphatic heterocycles. The van der Waals surface area contributed by atoms with Crippen molar-refractivity contribution < 1.29 is 5.11 Å². The fraction of sp³-hybridized carbons (Fsp3) is 1.00. The molecule has 3 N–H and O–H groups in total. The Kier molecular flexibility index (Phi) is 20.1. The molecule has 0 spiro atoms. The maximum Gasteiger partial charge on any atom is 0.113 e. The van der Waals surface area contributed by atoms with Crippen LogP contribution in [-0.4, -0.2) is 10.8 Å². The first kappa shape index (κ1) is 27.9. The molecule has 0 saturated carbocycles. The van der Waals surface area contributed by atoms with Crippen LogP contribution in [0.3, 0.4) is 0 Å². The molecule has 2 heteroatoms. The zero-order valence-electron chi connectivity index (χ0n) is 20.0. The number of nitrogens with two attached hydrogens (primary N) is 1. The quantitative estimate of drug-likeness (QED) is 0.142. The van der Waals surface area contributed by atoms with Gasteiger partial charge in [0.25, 0.3) is 0 Å². The topological polar surface area (TPSA) is 46.2 Å². The van der Waals surface area contributed by atoms with Crippen LogP contribution in [0.25, 0.3) is 0 Å². The Morgan fingerprint density at radius 1 is 0.571 bits per heavy atom. The van der Waals surface area contributed by atoms with Gasteiger partial charge in [0, 0.05) is 0 Å².